The summed E-state index contributed by atoms with van der Waals surface area (Å²) in [6.45, 7) is 0. The van der Waals surface area contributed by atoms with Gasteiger partial charge in [-0.1, -0.05) is 39.7 Å². The van der Waals surface area contributed by atoms with E-state index in [-0.39, 0.29) is 5.89 Å². The van der Waals surface area contributed by atoms with Crippen LogP contribution >= 0.6 is 27.5 Å². The standard InChI is InChI=1S/C23H13BrClNO4/c24-16-9-5-15(6-10-16)23(28)29-17-11-7-14(8-12-17)20-13-21(27)30-22(26-20)18-3-1-2-4-19(18)25/h1-13H. The monoisotopic (exact) mass is 481 g/mol. The molecule has 0 atom stereocenters. The van der Waals surface area contributed by atoms with E-state index in [1.807, 2.05) is 0 Å². The van der Waals surface area contributed by atoms with Crippen LogP contribution in [-0.4, -0.2) is 11.0 Å². The average Bonchev–Trinajstić information content (AvgIpc) is 2.74. The molecule has 0 saturated carbocycles. The van der Waals surface area contributed by atoms with Gasteiger partial charge < -0.3 is 9.15 Å². The molecule has 148 valence electrons. The summed E-state index contributed by atoms with van der Waals surface area (Å²) < 4.78 is 11.5. The van der Waals surface area contributed by atoms with Crippen molar-refractivity contribution in [3.05, 3.63) is 104 Å². The first-order valence-electron chi connectivity index (χ1n) is 8.85. The van der Waals surface area contributed by atoms with Crippen LogP contribution in [0.4, 0.5) is 0 Å². The Bertz CT molecular complexity index is 1270. The van der Waals surface area contributed by atoms with Crippen molar-refractivity contribution in [2.24, 2.45) is 0 Å². The zero-order valence-electron chi connectivity index (χ0n) is 15.3. The van der Waals surface area contributed by atoms with E-state index in [0.717, 1.165) is 4.47 Å². The van der Waals surface area contributed by atoms with Crippen LogP contribution < -0.4 is 10.4 Å². The fourth-order valence-electron chi connectivity index (χ4n) is 2.74. The lowest BCUT2D eigenvalue weighted by atomic mass is 10.1. The molecule has 0 N–H and O–H groups in total. The number of ether oxygens (including phenoxy) is 1. The fraction of sp³-hybridized carbons (Fsp3) is 0. The van der Waals surface area contributed by atoms with Gasteiger partial charge in [-0.15, -0.1) is 0 Å². The molecular weight excluding hydrogens is 470 g/mol. The number of hydrogen-bond donors (Lipinski definition) is 0. The van der Waals surface area contributed by atoms with Gasteiger partial charge in [-0.05, 0) is 60.7 Å². The van der Waals surface area contributed by atoms with E-state index in [4.69, 9.17) is 20.8 Å². The smallest absolute Gasteiger partial charge is 0.343 e. The summed E-state index contributed by atoms with van der Waals surface area (Å²) in [6.07, 6.45) is 0. The van der Waals surface area contributed by atoms with Crippen LogP contribution in [0.5, 0.6) is 5.75 Å². The first kappa shape index (κ1) is 20.1. The minimum Gasteiger partial charge on any atom is -0.423 e. The summed E-state index contributed by atoms with van der Waals surface area (Å²) in [6, 6.07) is 21.8. The molecule has 3 aromatic carbocycles. The molecule has 0 aliphatic heterocycles. The lowest BCUT2D eigenvalue weighted by Gasteiger charge is -2.07. The topological polar surface area (TPSA) is 69.4 Å². The second-order valence-electron chi connectivity index (χ2n) is 6.27. The molecule has 5 nitrogen and oxygen atoms in total. The summed E-state index contributed by atoms with van der Waals surface area (Å²) >= 11 is 9.51. The molecule has 0 aliphatic rings. The number of benzene rings is 3. The van der Waals surface area contributed by atoms with Crippen molar-refractivity contribution >= 4 is 33.5 Å². The Morgan fingerprint density at radius 1 is 0.967 bits per heavy atom. The number of hydrogen-bond acceptors (Lipinski definition) is 5. The van der Waals surface area contributed by atoms with Crippen molar-refractivity contribution in [3.8, 4) is 28.5 Å². The SMILES string of the molecule is O=C(Oc1ccc(-c2cc(=O)oc(-c3ccccc3Cl)n2)cc1)c1ccc(Br)cc1. The van der Waals surface area contributed by atoms with E-state index in [2.05, 4.69) is 20.9 Å². The van der Waals surface area contributed by atoms with Gasteiger partial charge >= 0.3 is 11.6 Å². The maximum absolute atomic E-state index is 12.2. The number of halogens is 2. The lowest BCUT2D eigenvalue weighted by Crippen LogP contribution is -2.08. The van der Waals surface area contributed by atoms with Crippen LogP contribution in [0.15, 0.2) is 92.5 Å². The Hall–Kier alpha value is -3.22. The number of nitrogens with zero attached hydrogens (tertiary/aromatic N) is 1. The molecule has 0 spiro atoms. The van der Waals surface area contributed by atoms with Crippen LogP contribution in [0.2, 0.25) is 5.02 Å². The molecule has 0 radical (unpaired) electrons. The maximum Gasteiger partial charge on any atom is 0.343 e. The molecular formula is C23H13BrClNO4. The Balaban J connectivity index is 1.58. The minimum absolute atomic E-state index is 0.133. The van der Waals surface area contributed by atoms with E-state index in [9.17, 15) is 9.59 Å². The molecule has 30 heavy (non-hydrogen) atoms. The maximum atomic E-state index is 12.2. The molecule has 4 aromatic rings. The number of rotatable bonds is 4. The van der Waals surface area contributed by atoms with Crippen molar-refractivity contribution in [1.29, 1.82) is 0 Å². The van der Waals surface area contributed by atoms with Gasteiger partial charge in [0.05, 0.1) is 27.9 Å². The molecule has 7 heteroatoms. The second-order valence-corrected chi connectivity index (χ2v) is 7.59. The number of carbonyl (C=O) groups is 1. The van der Waals surface area contributed by atoms with Gasteiger partial charge in [-0.25, -0.2) is 14.6 Å². The Labute approximate surface area is 185 Å². The molecule has 0 amide bonds. The summed E-state index contributed by atoms with van der Waals surface area (Å²) in [5.74, 6) is 0.0459. The van der Waals surface area contributed by atoms with E-state index >= 15 is 0 Å². The van der Waals surface area contributed by atoms with Crippen molar-refractivity contribution in [1.82, 2.24) is 4.98 Å². The summed E-state index contributed by atoms with van der Waals surface area (Å²) in [7, 11) is 0. The van der Waals surface area contributed by atoms with Gasteiger partial charge in [0.15, 0.2) is 0 Å². The Morgan fingerprint density at radius 3 is 2.37 bits per heavy atom. The summed E-state index contributed by atoms with van der Waals surface area (Å²) in [5.41, 5.74) is 1.51. The van der Waals surface area contributed by atoms with Gasteiger partial charge in [0, 0.05) is 10.0 Å². The Kier molecular flexibility index (Phi) is 5.79. The van der Waals surface area contributed by atoms with Crippen LogP contribution in [-0.2, 0) is 0 Å². The highest BCUT2D eigenvalue weighted by atomic mass is 79.9. The Morgan fingerprint density at radius 2 is 1.67 bits per heavy atom. The first-order chi connectivity index (χ1) is 14.5. The molecule has 0 fully saturated rings. The van der Waals surface area contributed by atoms with Gasteiger partial charge in [0.2, 0.25) is 5.89 Å². The summed E-state index contributed by atoms with van der Waals surface area (Å²) in [4.78, 5) is 28.7. The van der Waals surface area contributed by atoms with Crippen molar-refractivity contribution in [3.63, 3.8) is 0 Å². The lowest BCUT2D eigenvalue weighted by molar-refractivity contribution is 0.0735. The predicted molar refractivity (Wildman–Crippen MR) is 118 cm³/mol. The number of aromatic nitrogens is 1. The van der Waals surface area contributed by atoms with Gasteiger partial charge in [0.25, 0.3) is 0 Å². The minimum atomic E-state index is -0.541. The molecule has 1 aromatic heterocycles. The third-order valence-electron chi connectivity index (χ3n) is 4.22. The highest BCUT2D eigenvalue weighted by Crippen LogP contribution is 2.28. The molecule has 1 heterocycles. The fourth-order valence-corrected chi connectivity index (χ4v) is 3.23. The molecule has 0 aliphatic carbocycles. The van der Waals surface area contributed by atoms with Gasteiger partial charge in [-0.2, -0.15) is 0 Å². The van der Waals surface area contributed by atoms with Crippen LogP contribution in [0.3, 0.4) is 0 Å². The normalized spacial score (nSPS) is 10.6. The van der Waals surface area contributed by atoms with Crippen molar-refractivity contribution in [2.45, 2.75) is 0 Å². The van der Waals surface area contributed by atoms with E-state index in [1.165, 1.54) is 6.07 Å². The average molecular weight is 483 g/mol. The highest BCUT2D eigenvalue weighted by Gasteiger charge is 2.12. The quantitative estimate of drug-likeness (QED) is 0.263. The summed E-state index contributed by atoms with van der Waals surface area (Å²) in [5, 5.41) is 0.431. The zero-order chi connectivity index (χ0) is 21.1. The number of carbonyl (C=O) groups excluding carboxylic acids is 1. The van der Waals surface area contributed by atoms with E-state index in [0.29, 0.717) is 33.2 Å². The molecule has 0 bridgehead atoms. The van der Waals surface area contributed by atoms with Crippen molar-refractivity contribution in [2.75, 3.05) is 0 Å². The van der Waals surface area contributed by atoms with Crippen molar-refractivity contribution < 1.29 is 13.9 Å². The molecule has 4 rings (SSSR count). The second kappa shape index (κ2) is 8.65. The van der Waals surface area contributed by atoms with Crippen LogP contribution in [0, 0.1) is 0 Å². The van der Waals surface area contributed by atoms with Crippen LogP contribution in [0.1, 0.15) is 10.4 Å². The van der Waals surface area contributed by atoms with Crippen LogP contribution in [0.25, 0.3) is 22.7 Å². The molecule has 0 saturated heterocycles. The first-order valence-corrected chi connectivity index (χ1v) is 10.0. The number of esters is 1. The third-order valence-corrected chi connectivity index (χ3v) is 5.08. The zero-order valence-corrected chi connectivity index (χ0v) is 17.7. The van der Waals surface area contributed by atoms with E-state index in [1.54, 1.807) is 72.8 Å². The highest BCUT2D eigenvalue weighted by molar-refractivity contribution is 9.10. The van der Waals surface area contributed by atoms with E-state index < -0.39 is 11.6 Å². The molecule has 0 unspecified atom stereocenters. The van der Waals surface area contributed by atoms with Gasteiger partial charge in [-0.3, -0.25) is 0 Å². The van der Waals surface area contributed by atoms with Gasteiger partial charge in [0.1, 0.15) is 5.75 Å². The predicted octanol–water partition coefficient (Wildman–Crippen LogP) is 6.00. The largest absolute Gasteiger partial charge is 0.423 e. The third kappa shape index (κ3) is 4.50.